The number of nitrogens with zero attached hydrogens (tertiary/aromatic N) is 2. The van der Waals surface area contributed by atoms with E-state index < -0.39 is 10.0 Å². The topological polar surface area (TPSA) is 121 Å². The normalized spacial score (nSPS) is 14.7. The number of aromatic amines is 1. The summed E-state index contributed by atoms with van der Waals surface area (Å²) in [5.74, 6) is -0.276. The quantitative estimate of drug-likeness (QED) is 0.271. The number of ether oxygens (including phenoxy) is 1. The Morgan fingerprint density at radius 1 is 1.11 bits per heavy atom. The number of anilines is 1. The van der Waals surface area contributed by atoms with Crippen LogP contribution in [0, 0.1) is 0 Å². The van der Waals surface area contributed by atoms with Crippen LogP contribution in [0.25, 0.3) is 21.3 Å². The van der Waals surface area contributed by atoms with E-state index in [9.17, 15) is 18.0 Å². The van der Waals surface area contributed by atoms with E-state index in [2.05, 4.69) is 15.3 Å². The average molecular weight is 543 g/mol. The van der Waals surface area contributed by atoms with Gasteiger partial charge in [0.1, 0.15) is 4.83 Å². The predicted octanol–water partition coefficient (Wildman–Crippen LogP) is 3.40. The third-order valence-electron chi connectivity index (χ3n) is 5.59. The van der Waals surface area contributed by atoms with Crippen molar-refractivity contribution in [2.24, 2.45) is 0 Å². The smallest absolute Gasteiger partial charge is 0.260 e. The zero-order valence-corrected chi connectivity index (χ0v) is 21.4. The summed E-state index contributed by atoms with van der Waals surface area (Å²) >= 11 is 2.50. The summed E-state index contributed by atoms with van der Waals surface area (Å²) in [5.41, 5.74) is 2.00. The third-order valence-corrected chi connectivity index (χ3v) is 9.25. The van der Waals surface area contributed by atoms with Gasteiger partial charge in [-0.15, -0.1) is 11.3 Å². The second kappa shape index (κ2) is 10.5. The largest absolute Gasteiger partial charge is 0.379 e. The van der Waals surface area contributed by atoms with Gasteiger partial charge in [-0.25, -0.2) is 13.4 Å². The molecule has 2 N–H and O–H groups in total. The van der Waals surface area contributed by atoms with Crippen LogP contribution in [-0.4, -0.2) is 60.7 Å². The van der Waals surface area contributed by atoms with E-state index in [-0.39, 0.29) is 22.1 Å². The number of amides is 1. The monoisotopic (exact) mass is 542 g/mol. The maximum atomic E-state index is 12.8. The summed E-state index contributed by atoms with van der Waals surface area (Å²) in [7, 11) is -3.60. The van der Waals surface area contributed by atoms with Gasteiger partial charge in [-0.1, -0.05) is 42.1 Å². The Labute approximate surface area is 215 Å². The first-order valence-corrected chi connectivity index (χ1v) is 14.4. The standard InChI is InChI=1S/C24H22N4O5S3/c29-20(25-17-6-8-18(9-7-17)36(31,32)28-10-12-33-13-11-28)15-35-24-26-22(30)21-19(14-34-23(21)27-24)16-4-2-1-3-5-16/h1-9,14H,10-13,15H2,(H,25,29)(H,26,27,30). The number of morpholine rings is 1. The third kappa shape index (κ3) is 5.22. The van der Waals surface area contributed by atoms with Crippen LogP contribution in [0.5, 0.6) is 0 Å². The van der Waals surface area contributed by atoms with Gasteiger partial charge in [0.2, 0.25) is 15.9 Å². The van der Waals surface area contributed by atoms with E-state index in [1.165, 1.54) is 27.8 Å². The Balaban J connectivity index is 1.22. The van der Waals surface area contributed by atoms with Crippen LogP contribution in [0.2, 0.25) is 0 Å². The van der Waals surface area contributed by atoms with Crippen LogP contribution in [0.1, 0.15) is 0 Å². The highest BCUT2D eigenvalue weighted by Gasteiger charge is 2.26. The minimum atomic E-state index is -3.60. The molecule has 1 saturated heterocycles. The minimum absolute atomic E-state index is 0.0270. The molecule has 4 aromatic rings. The molecule has 0 spiro atoms. The first-order chi connectivity index (χ1) is 17.4. The van der Waals surface area contributed by atoms with Crippen molar-refractivity contribution in [3.8, 4) is 11.1 Å². The molecule has 2 aromatic heterocycles. The highest BCUT2D eigenvalue weighted by molar-refractivity contribution is 7.99. The molecule has 12 heteroatoms. The lowest BCUT2D eigenvalue weighted by Crippen LogP contribution is -2.40. The van der Waals surface area contributed by atoms with Gasteiger partial charge in [0.05, 0.1) is 29.2 Å². The Bertz CT molecular complexity index is 1540. The van der Waals surface area contributed by atoms with Gasteiger partial charge in [0.25, 0.3) is 5.56 Å². The lowest BCUT2D eigenvalue weighted by Gasteiger charge is -2.26. The van der Waals surface area contributed by atoms with Crippen LogP contribution >= 0.6 is 23.1 Å². The van der Waals surface area contributed by atoms with Crippen molar-refractivity contribution >= 4 is 54.9 Å². The molecule has 3 heterocycles. The van der Waals surface area contributed by atoms with E-state index in [4.69, 9.17) is 4.74 Å². The maximum absolute atomic E-state index is 12.8. The zero-order chi connectivity index (χ0) is 25.1. The van der Waals surface area contributed by atoms with Crippen molar-refractivity contribution < 1.29 is 17.9 Å². The lowest BCUT2D eigenvalue weighted by molar-refractivity contribution is -0.113. The Morgan fingerprint density at radius 2 is 1.83 bits per heavy atom. The van der Waals surface area contributed by atoms with Crippen molar-refractivity contribution in [2.45, 2.75) is 10.1 Å². The fourth-order valence-electron chi connectivity index (χ4n) is 3.80. The van der Waals surface area contributed by atoms with Gasteiger partial charge in [-0.2, -0.15) is 4.31 Å². The van der Waals surface area contributed by atoms with Gasteiger partial charge < -0.3 is 15.0 Å². The van der Waals surface area contributed by atoms with Crippen LogP contribution in [0.4, 0.5) is 5.69 Å². The number of thioether (sulfide) groups is 1. The first kappa shape index (κ1) is 24.7. The van der Waals surface area contributed by atoms with Crippen LogP contribution < -0.4 is 10.9 Å². The Kier molecular flexibility index (Phi) is 7.21. The van der Waals surface area contributed by atoms with Gasteiger partial charge in [-0.05, 0) is 29.8 Å². The average Bonchev–Trinajstić information content (AvgIpc) is 3.34. The molecule has 0 radical (unpaired) electrons. The minimum Gasteiger partial charge on any atom is -0.379 e. The number of nitrogens with one attached hydrogen (secondary N) is 2. The molecule has 0 atom stereocenters. The molecule has 0 aliphatic carbocycles. The SMILES string of the molecule is O=C(CSc1nc2scc(-c3ccccc3)c2c(=O)[nH]1)Nc1ccc(S(=O)(=O)N2CCOCC2)cc1. The summed E-state index contributed by atoms with van der Waals surface area (Å²) < 4.78 is 32.1. The summed E-state index contributed by atoms with van der Waals surface area (Å²) in [6.07, 6.45) is 0. The second-order valence-corrected chi connectivity index (χ2v) is 11.7. The zero-order valence-electron chi connectivity index (χ0n) is 19.0. The summed E-state index contributed by atoms with van der Waals surface area (Å²) in [6.45, 7) is 1.38. The molecule has 1 aliphatic rings. The predicted molar refractivity (Wildman–Crippen MR) is 141 cm³/mol. The molecule has 9 nitrogen and oxygen atoms in total. The number of thiophene rings is 1. The van der Waals surface area contributed by atoms with Crippen LogP contribution in [-0.2, 0) is 19.6 Å². The number of carbonyl (C=O) groups is 1. The van der Waals surface area contributed by atoms with Crippen molar-refractivity contribution in [2.75, 3.05) is 37.4 Å². The van der Waals surface area contributed by atoms with E-state index in [0.717, 1.165) is 22.9 Å². The lowest BCUT2D eigenvalue weighted by atomic mass is 10.1. The Morgan fingerprint density at radius 3 is 2.56 bits per heavy atom. The highest BCUT2D eigenvalue weighted by Crippen LogP contribution is 2.31. The number of rotatable bonds is 7. The summed E-state index contributed by atoms with van der Waals surface area (Å²) in [6, 6.07) is 15.7. The van der Waals surface area contributed by atoms with Crippen molar-refractivity contribution in [3.05, 3.63) is 70.3 Å². The molecule has 1 fully saturated rings. The molecule has 2 aromatic carbocycles. The molecule has 0 unspecified atom stereocenters. The van der Waals surface area contributed by atoms with Crippen molar-refractivity contribution in [3.63, 3.8) is 0 Å². The molecule has 0 bridgehead atoms. The first-order valence-electron chi connectivity index (χ1n) is 11.1. The van der Waals surface area contributed by atoms with Gasteiger partial charge >= 0.3 is 0 Å². The number of aromatic nitrogens is 2. The summed E-state index contributed by atoms with van der Waals surface area (Å²) in [5, 5.41) is 5.54. The number of sulfonamides is 1. The fourth-order valence-corrected chi connectivity index (χ4v) is 6.88. The maximum Gasteiger partial charge on any atom is 0.260 e. The van der Waals surface area contributed by atoms with E-state index in [0.29, 0.717) is 47.4 Å². The van der Waals surface area contributed by atoms with Crippen molar-refractivity contribution in [1.29, 1.82) is 0 Å². The van der Waals surface area contributed by atoms with E-state index in [1.807, 2.05) is 35.7 Å². The second-order valence-electron chi connectivity index (χ2n) is 7.94. The number of hydrogen-bond acceptors (Lipinski definition) is 8. The Hall–Kier alpha value is -3.03. The van der Waals surface area contributed by atoms with Gasteiger partial charge in [0, 0.05) is 29.7 Å². The van der Waals surface area contributed by atoms with E-state index in [1.54, 1.807) is 12.1 Å². The number of hydrogen-bond donors (Lipinski definition) is 2. The van der Waals surface area contributed by atoms with Gasteiger partial charge in [0.15, 0.2) is 5.16 Å². The van der Waals surface area contributed by atoms with Crippen LogP contribution in [0.15, 0.2) is 74.8 Å². The summed E-state index contributed by atoms with van der Waals surface area (Å²) in [4.78, 5) is 33.3. The molecule has 36 heavy (non-hydrogen) atoms. The fraction of sp³-hybridized carbons (Fsp3) is 0.208. The molecule has 0 saturated carbocycles. The van der Waals surface area contributed by atoms with Crippen LogP contribution in [0.3, 0.4) is 0 Å². The molecule has 186 valence electrons. The molecular weight excluding hydrogens is 520 g/mol. The molecule has 1 aliphatic heterocycles. The number of H-pyrrole nitrogens is 1. The van der Waals surface area contributed by atoms with Crippen molar-refractivity contribution in [1.82, 2.24) is 14.3 Å². The van der Waals surface area contributed by atoms with Gasteiger partial charge in [-0.3, -0.25) is 9.59 Å². The number of carbonyl (C=O) groups excluding carboxylic acids is 1. The highest BCUT2D eigenvalue weighted by atomic mass is 32.2. The van der Waals surface area contributed by atoms with E-state index >= 15 is 0 Å². The molecule has 5 rings (SSSR count). The number of benzene rings is 2. The molecular formula is C24H22N4O5S3. The molecule has 1 amide bonds. The number of fused-ring (bicyclic) bond motifs is 1.